The van der Waals surface area contributed by atoms with Crippen molar-refractivity contribution in [2.24, 2.45) is 0 Å². The predicted octanol–water partition coefficient (Wildman–Crippen LogP) is 0.968. The van der Waals surface area contributed by atoms with Crippen molar-refractivity contribution in [1.82, 2.24) is 5.32 Å². The predicted molar refractivity (Wildman–Crippen MR) is 67.0 cm³/mol. The number of carbonyl (C=O) groups excluding carboxylic acids is 3. The zero-order chi connectivity index (χ0) is 13.9. The number of rotatable bonds is 3. The van der Waals surface area contributed by atoms with Crippen LogP contribution in [0, 0.1) is 0 Å². The molecule has 0 saturated carbocycles. The molecule has 1 aromatic carbocycles. The van der Waals surface area contributed by atoms with E-state index in [4.69, 9.17) is 0 Å². The van der Waals surface area contributed by atoms with Crippen LogP contribution in [-0.2, 0) is 25.5 Å². The molecule has 100 valence electrons. The number of benzene rings is 1. The molecule has 0 aromatic heterocycles. The normalized spacial score (nSPS) is 22.8. The molecule has 1 aromatic rings. The molecule has 1 aliphatic rings. The van der Waals surface area contributed by atoms with E-state index in [2.05, 4.69) is 10.1 Å². The van der Waals surface area contributed by atoms with Gasteiger partial charge in [-0.3, -0.25) is 9.59 Å². The molecule has 1 N–H and O–H groups in total. The molecule has 1 atom stereocenters. The number of hydrogen-bond donors (Lipinski definition) is 1. The van der Waals surface area contributed by atoms with Crippen LogP contribution in [0.25, 0.3) is 0 Å². The maximum atomic E-state index is 11.9. The zero-order valence-corrected chi connectivity index (χ0v) is 10.6. The number of hydrogen-bond acceptors (Lipinski definition) is 4. The maximum absolute atomic E-state index is 11.9. The largest absolute Gasteiger partial charge is 0.391 e. The highest BCUT2D eigenvalue weighted by molar-refractivity contribution is 5.96. The first-order valence-corrected chi connectivity index (χ1v) is 6.10. The molecule has 0 aliphatic carbocycles. The average molecular weight is 261 g/mol. The van der Waals surface area contributed by atoms with Crippen molar-refractivity contribution in [2.75, 3.05) is 0 Å². The second kappa shape index (κ2) is 5.22. The third kappa shape index (κ3) is 3.19. The fourth-order valence-electron chi connectivity index (χ4n) is 1.97. The van der Waals surface area contributed by atoms with Crippen LogP contribution in [-0.4, -0.2) is 23.4 Å². The topological polar surface area (TPSA) is 72.5 Å². The first-order valence-electron chi connectivity index (χ1n) is 6.10. The number of carbonyl (C=O) groups is 3. The summed E-state index contributed by atoms with van der Waals surface area (Å²) in [6.45, 7) is 1.57. The Morgan fingerprint density at radius 3 is 2.63 bits per heavy atom. The molecular weight excluding hydrogens is 246 g/mol. The Morgan fingerprint density at radius 2 is 2.00 bits per heavy atom. The lowest BCUT2D eigenvalue weighted by Gasteiger charge is -2.31. The van der Waals surface area contributed by atoms with Crippen molar-refractivity contribution in [3.8, 4) is 0 Å². The van der Waals surface area contributed by atoms with E-state index < -0.39 is 17.5 Å². The summed E-state index contributed by atoms with van der Waals surface area (Å²) in [5.41, 5.74) is -0.247. The Labute approximate surface area is 110 Å². The second-order valence-electron chi connectivity index (χ2n) is 4.80. The van der Waals surface area contributed by atoms with Gasteiger partial charge < -0.3 is 10.1 Å². The van der Waals surface area contributed by atoms with Crippen molar-refractivity contribution in [2.45, 2.75) is 31.7 Å². The Morgan fingerprint density at radius 1 is 1.32 bits per heavy atom. The van der Waals surface area contributed by atoms with Crippen molar-refractivity contribution in [3.05, 3.63) is 35.9 Å². The van der Waals surface area contributed by atoms with Crippen LogP contribution in [0.1, 0.15) is 25.3 Å². The number of esters is 2. The molecule has 1 amide bonds. The van der Waals surface area contributed by atoms with E-state index >= 15 is 0 Å². The third-order valence-electron chi connectivity index (χ3n) is 3.11. The van der Waals surface area contributed by atoms with Crippen molar-refractivity contribution in [1.29, 1.82) is 0 Å². The van der Waals surface area contributed by atoms with Crippen molar-refractivity contribution < 1.29 is 19.1 Å². The summed E-state index contributed by atoms with van der Waals surface area (Å²) in [7, 11) is 0. The summed E-state index contributed by atoms with van der Waals surface area (Å²) < 4.78 is 4.56. The molecule has 0 radical (unpaired) electrons. The molecule has 1 fully saturated rings. The van der Waals surface area contributed by atoms with Crippen molar-refractivity contribution in [3.63, 3.8) is 0 Å². The third-order valence-corrected chi connectivity index (χ3v) is 3.11. The van der Waals surface area contributed by atoms with E-state index in [1.165, 1.54) is 0 Å². The lowest BCUT2D eigenvalue weighted by Crippen LogP contribution is -2.56. The van der Waals surface area contributed by atoms with Crippen LogP contribution >= 0.6 is 0 Å². The summed E-state index contributed by atoms with van der Waals surface area (Å²) in [6, 6.07) is 9.23. The molecule has 2 rings (SSSR count). The lowest BCUT2D eigenvalue weighted by atomic mass is 9.93. The van der Waals surface area contributed by atoms with Crippen LogP contribution < -0.4 is 5.32 Å². The van der Waals surface area contributed by atoms with Crippen LogP contribution in [0.2, 0.25) is 0 Å². The van der Waals surface area contributed by atoms with Gasteiger partial charge in [0.25, 0.3) is 0 Å². The van der Waals surface area contributed by atoms with Crippen LogP contribution in [0.4, 0.5) is 0 Å². The van der Waals surface area contributed by atoms with E-state index in [0.29, 0.717) is 0 Å². The standard InChI is InChI=1S/C14H15NO4/c1-14(8-7-12(17)19-13(14)18)15-11(16)9-10-5-3-2-4-6-10/h2-6H,7-9H2,1H3,(H,15,16)/t14-/m0/s1. The van der Waals surface area contributed by atoms with Crippen molar-refractivity contribution >= 4 is 17.8 Å². The van der Waals surface area contributed by atoms with Gasteiger partial charge in [0.1, 0.15) is 5.54 Å². The van der Waals surface area contributed by atoms with Gasteiger partial charge in [0.15, 0.2) is 0 Å². The smallest absolute Gasteiger partial charge is 0.339 e. The minimum absolute atomic E-state index is 0.133. The van der Waals surface area contributed by atoms with E-state index in [1.807, 2.05) is 30.3 Å². The van der Waals surface area contributed by atoms with Gasteiger partial charge in [0.2, 0.25) is 5.91 Å². The van der Waals surface area contributed by atoms with Gasteiger partial charge in [0, 0.05) is 6.42 Å². The maximum Gasteiger partial charge on any atom is 0.339 e. The average Bonchev–Trinajstić information content (AvgIpc) is 2.36. The Kier molecular flexibility index (Phi) is 3.64. The second-order valence-corrected chi connectivity index (χ2v) is 4.80. The minimum Gasteiger partial charge on any atom is -0.391 e. The fourth-order valence-corrected chi connectivity index (χ4v) is 1.97. The van der Waals surface area contributed by atoms with Crippen LogP contribution in [0.5, 0.6) is 0 Å². The highest BCUT2D eigenvalue weighted by Crippen LogP contribution is 2.21. The van der Waals surface area contributed by atoms with Gasteiger partial charge in [-0.15, -0.1) is 0 Å². The first-order chi connectivity index (χ1) is 8.99. The number of amides is 1. The molecular formula is C14H15NO4. The van der Waals surface area contributed by atoms with E-state index in [1.54, 1.807) is 6.92 Å². The summed E-state index contributed by atoms with van der Waals surface area (Å²) in [5, 5.41) is 2.65. The number of nitrogens with one attached hydrogen (secondary N) is 1. The van der Waals surface area contributed by atoms with Gasteiger partial charge in [-0.2, -0.15) is 0 Å². The van der Waals surface area contributed by atoms with Crippen LogP contribution in [0.15, 0.2) is 30.3 Å². The molecule has 1 aliphatic heterocycles. The zero-order valence-electron chi connectivity index (χ0n) is 10.6. The van der Waals surface area contributed by atoms with Gasteiger partial charge in [0.05, 0.1) is 6.42 Å². The Bertz CT molecular complexity index is 511. The highest BCUT2D eigenvalue weighted by atomic mass is 16.6. The monoisotopic (exact) mass is 261 g/mol. The highest BCUT2D eigenvalue weighted by Gasteiger charge is 2.41. The molecule has 0 unspecified atom stereocenters. The van der Waals surface area contributed by atoms with Crippen LogP contribution in [0.3, 0.4) is 0 Å². The van der Waals surface area contributed by atoms with Gasteiger partial charge in [-0.25, -0.2) is 4.79 Å². The minimum atomic E-state index is -1.11. The molecule has 5 heteroatoms. The molecule has 0 bridgehead atoms. The van der Waals surface area contributed by atoms with E-state index in [9.17, 15) is 14.4 Å². The number of cyclic esters (lactones) is 2. The summed E-state index contributed by atoms with van der Waals surface area (Å²) in [6.07, 6.45) is 0.594. The summed E-state index contributed by atoms with van der Waals surface area (Å²) >= 11 is 0. The molecule has 19 heavy (non-hydrogen) atoms. The summed E-state index contributed by atoms with van der Waals surface area (Å²) in [4.78, 5) is 34.5. The first kappa shape index (κ1) is 13.3. The number of ether oxygens (including phenoxy) is 1. The van der Waals surface area contributed by atoms with Gasteiger partial charge >= 0.3 is 11.9 Å². The van der Waals surface area contributed by atoms with E-state index in [-0.39, 0.29) is 25.2 Å². The lowest BCUT2D eigenvalue weighted by molar-refractivity contribution is -0.170. The molecule has 5 nitrogen and oxygen atoms in total. The Hall–Kier alpha value is -2.17. The molecule has 1 saturated heterocycles. The van der Waals surface area contributed by atoms with E-state index in [0.717, 1.165) is 5.56 Å². The molecule has 1 heterocycles. The SMILES string of the molecule is C[C@]1(NC(=O)Cc2ccccc2)CCC(=O)OC1=O. The Balaban J connectivity index is 1.98. The molecule has 0 spiro atoms. The quantitative estimate of drug-likeness (QED) is 0.650. The summed E-state index contributed by atoms with van der Waals surface area (Å²) in [5.74, 6) is -1.50. The van der Waals surface area contributed by atoms with Gasteiger partial charge in [-0.05, 0) is 18.9 Å². The van der Waals surface area contributed by atoms with Gasteiger partial charge in [-0.1, -0.05) is 30.3 Å². The fraction of sp³-hybridized carbons (Fsp3) is 0.357.